The van der Waals surface area contributed by atoms with Crippen LogP contribution in [0, 0.1) is 0 Å². The van der Waals surface area contributed by atoms with Gasteiger partial charge in [0.15, 0.2) is 5.65 Å². The topological polar surface area (TPSA) is 57.7 Å². The number of hydrogen-bond acceptors (Lipinski definition) is 5. The zero-order valence-electron chi connectivity index (χ0n) is 11.2. The Morgan fingerprint density at radius 1 is 1.42 bits per heavy atom. The maximum Gasteiger partial charge on any atom is 0.160 e. The Balaban J connectivity index is 1.89. The molecule has 0 aliphatic carbocycles. The molecule has 0 saturated carbocycles. The number of rotatable bonds is 3. The molecule has 1 N–H and O–H groups in total. The normalized spacial score (nSPS) is 20.7. The van der Waals surface area contributed by atoms with Crippen molar-refractivity contribution < 1.29 is 0 Å². The number of nitrogens with zero attached hydrogens (tertiary/aromatic N) is 4. The van der Waals surface area contributed by atoms with Gasteiger partial charge in [-0.05, 0) is 18.6 Å². The van der Waals surface area contributed by atoms with Gasteiger partial charge in [-0.1, -0.05) is 13.3 Å². The molecule has 2 aromatic heterocycles. The smallest absolute Gasteiger partial charge is 0.160 e. The number of hydrogen-bond donors (Lipinski definition) is 1. The van der Waals surface area contributed by atoms with E-state index >= 15 is 0 Å². The van der Waals surface area contributed by atoms with Gasteiger partial charge in [-0.25, -0.2) is 9.97 Å². The molecule has 1 atom stereocenters. The predicted molar refractivity (Wildman–Crippen MR) is 79.7 cm³/mol. The number of nitrogens with one attached hydrogen (secondary N) is 1. The van der Waals surface area contributed by atoms with Crippen molar-refractivity contribution in [3.8, 4) is 0 Å². The van der Waals surface area contributed by atoms with E-state index in [9.17, 15) is 0 Å². The summed E-state index contributed by atoms with van der Waals surface area (Å²) in [5.41, 5.74) is 0.828. The molecule has 5 nitrogen and oxygen atoms in total. The molecule has 6 heteroatoms. The molecular weight excluding hydrogens is 258 g/mol. The van der Waals surface area contributed by atoms with Crippen molar-refractivity contribution in [1.82, 2.24) is 20.2 Å². The van der Waals surface area contributed by atoms with Gasteiger partial charge in [-0.15, -0.1) is 0 Å². The summed E-state index contributed by atoms with van der Waals surface area (Å²) >= 11 is 2.06. The summed E-state index contributed by atoms with van der Waals surface area (Å²) in [6.07, 6.45) is 7.33. The van der Waals surface area contributed by atoms with E-state index in [1.807, 2.05) is 6.20 Å². The van der Waals surface area contributed by atoms with Crippen molar-refractivity contribution in [3.05, 3.63) is 12.5 Å². The van der Waals surface area contributed by atoms with Crippen LogP contribution >= 0.6 is 11.8 Å². The lowest BCUT2D eigenvalue weighted by Crippen LogP contribution is -2.30. The van der Waals surface area contributed by atoms with Crippen molar-refractivity contribution in [2.24, 2.45) is 0 Å². The van der Waals surface area contributed by atoms with Crippen LogP contribution < -0.4 is 4.90 Å². The zero-order valence-corrected chi connectivity index (χ0v) is 12.0. The van der Waals surface area contributed by atoms with Gasteiger partial charge in [-0.3, -0.25) is 5.10 Å². The third kappa shape index (κ3) is 2.68. The van der Waals surface area contributed by atoms with Crippen LogP contribution in [0.15, 0.2) is 12.5 Å². The number of H-pyrrole nitrogens is 1. The van der Waals surface area contributed by atoms with Crippen molar-refractivity contribution in [3.63, 3.8) is 0 Å². The fourth-order valence-corrected chi connectivity index (χ4v) is 3.76. The van der Waals surface area contributed by atoms with E-state index in [0.717, 1.165) is 29.9 Å². The van der Waals surface area contributed by atoms with Crippen LogP contribution in [0.25, 0.3) is 11.0 Å². The van der Waals surface area contributed by atoms with Gasteiger partial charge in [0, 0.05) is 18.3 Å². The highest BCUT2D eigenvalue weighted by molar-refractivity contribution is 7.99. The summed E-state index contributed by atoms with van der Waals surface area (Å²) in [7, 11) is 0. The summed E-state index contributed by atoms with van der Waals surface area (Å²) in [5, 5.41) is 8.74. The lowest BCUT2D eigenvalue weighted by atomic mass is 10.2. The minimum Gasteiger partial charge on any atom is -0.355 e. The molecule has 1 aliphatic heterocycles. The van der Waals surface area contributed by atoms with Gasteiger partial charge in [0.25, 0.3) is 0 Å². The number of thioether (sulfide) groups is 1. The van der Waals surface area contributed by atoms with Crippen LogP contribution in [0.3, 0.4) is 0 Å². The van der Waals surface area contributed by atoms with Crippen LogP contribution in [0.2, 0.25) is 0 Å². The Kier molecular flexibility index (Phi) is 3.87. The summed E-state index contributed by atoms with van der Waals surface area (Å²) < 4.78 is 0. The summed E-state index contributed by atoms with van der Waals surface area (Å²) in [4.78, 5) is 11.1. The molecule has 19 heavy (non-hydrogen) atoms. The van der Waals surface area contributed by atoms with Crippen LogP contribution in [0.4, 0.5) is 5.82 Å². The molecule has 1 unspecified atom stereocenters. The maximum atomic E-state index is 4.48. The van der Waals surface area contributed by atoms with Crippen LogP contribution in [0.1, 0.15) is 26.2 Å². The van der Waals surface area contributed by atoms with Gasteiger partial charge in [0.2, 0.25) is 0 Å². The Morgan fingerprint density at radius 2 is 2.37 bits per heavy atom. The molecule has 3 heterocycles. The first-order valence-corrected chi connectivity index (χ1v) is 7.94. The third-order valence-corrected chi connectivity index (χ3v) is 4.75. The average Bonchev–Trinajstić information content (AvgIpc) is 2.79. The summed E-state index contributed by atoms with van der Waals surface area (Å²) in [6, 6.07) is 0. The quantitative estimate of drug-likeness (QED) is 0.934. The molecule has 0 radical (unpaired) electrons. The molecule has 102 valence electrons. The Morgan fingerprint density at radius 3 is 3.26 bits per heavy atom. The molecule has 1 fully saturated rings. The molecular formula is C13H19N5S. The van der Waals surface area contributed by atoms with Crippen LogP contribution in [0.5, 0.6) is 0 Å². The zero-order chi connectivity index (χ0) is 13.1. The molecule has 0 bridgehead atoms. The maximum absolute atomic E-state index is 4.48. The van der Waals surface area contributed by atoms with E-state index in [4.69, 9.17) is 0 Å². The highest BCUT2D eigenvalue weighted by Gasteiger charge is 2.21. The summed E-state index contributed by atoms with van der Waals surface area (Å²) in [6.45, 7) is 4.40. The largest absolute Gasteiger partial charge is 0.355 e. The van der Waals surface area contributed by atoms with Crippen LogP contribution in [-0.2, 0) is 0 Å². The van der Waals surface area contributed by atoms with Gasteiger partial charge in [0.1, 0.15) is 12.1 Å². The van der Waals surface area contributed by atoms with Gasteiger partial charge >= 0.3 is 0 Å². The van der Waals surface area contributed by atoms with E-state index in [1.54, 1.807) is 6.33 Å². The SMILES string of the molecule is CCSC1CCCCN(c2ncnc3[nH]ncc23)C1. The second kappa shape index (κ2) is 5.77. The van der Waals surface area contributed by atoms with Crippen molar-refractivity contribution in [1.29, 1.82) is 0 Å². The number of anilines is 1. The molecule has 3 rings (SSSR count). The Hall–Kier alpha value is -1.30. The Bertz CT molecular complexity index is 541. The number of fused-ring (bicyclic) bond motifs is 1. The first kappa shape index (κ1) is 12.7. The van der Waals surface area contributed by atoms with Crippen molar-refractivity contribution in [2.45, 2.75) is 31.4 Å². The van der Waals surface area contributed by atoms with E-state index in [2.05, 4.69) is 43.8 Å². The average molecular weight is 277 g/mol. The third-order valence-electron chi connectivity index (χ3n) is 3.56. The lowest BCUT2D eigenvalue weighted by Gasteiger charge is -2.25. The molecule has 0 amide bonds. The fraction of sp³-hybridized carbons (Fsp3) is 0.615. The minimum absolute atomic E-state index is 0.712. The fourth-order valence-electron chi connectivity index (χ4n) is 2.67. The van der Waals surface area contributed by atoms with E-state index < -0.39 is 0 Å². The van der Waals surface area contributed by atoms with Crippen LogP contribution in [-0.4, -0.2) is 44.3 Å². The molecule has 2 aromatic rings. The molecule has 0 aromatic carbocycles. The van der Waals surface area contributed by atoms with Crippen molar-refractivity contribution >= 4 is 28.6 Å². The Labute approximate surface area is 117 Å². The highest BCUT2D eigenvalue weighted by atomic mass is 32.2. The number of aromatic nitrogens is 4. The second-order valence-corrected chi connectivity index (χ2v) is 6.43. The van der Waals surface area contributed by atoms with E-state index in [1.165, 1.54) is 25.0 Å². The monoisotopic (exact) mass is 277 g/mol. The molecule has 0 spiro atoms. The predicted octanol–water partition coefficient (Wildman–Crippen LogP) is 2.46. The standard InChI is InChI=1S/C13H19N5S/c1-2-19-10-5-3-4-6-18(8-10)13-11-7-16-17-12(11)14-9-15-13/h7,9-10H,2-6,8H2,1H3,(H,14,15,16,17). The van der Waals surface area contributed by atoms with Gasteiger partial charge < -0.3 is 4.90 Å². The highest BCUT2D eigenvalue weighted by Crippen LogP contribution is 2.27. The van der Waals surface area contributed by atoms with Crippen molar-refractivity contribution in [2.75, 3.05) is 23.7 Å². The first-order chi connectivity index (χ1) is 9.38. The van der Waals surface area contributed by atoms with Gasteiger partial charge in [0.05, 0.1) is 11.6 Å². The molecule has 1 aliphatic rings. The number of aromatic amines is 1. The second-order valence-electron chi connectivity index (χ2n) is 4.85. The summed E-state index contributed by atoms with van der Waals surface area (Å²) in [5.74, 6) is 2.21. The van der Waals surface area contributed by atoms with E-state index in [0.29, 0.717) is 5.25 Å². The lowest BCUT2D eigenvalue weighted by molar-refractivity contribution is 0.735. The van der Waals surface area contributed by atoms with Gasteiger partial charge in [-0.2, -0.15) is 16.9 Å². The van der Waals surface area contributed by atoms with E-state index in [-0.39, 0.29) is 0 Å². The first-order valence-electron chi connectivity index (χ1n) is 6.89. The molecule has 1 saturated heterocycles. The minimum atomic E-state index is 0.712.